The minimum Gasteiger partial charge on any atom is -0.307 e. The lowest BCUT2D eigenvalue weighted by molar-refractivity contribution is 0.249. The highest BCUT2D eigenvalue weighted by Crippen LogP contribution is 2.25. The van der Waals surface area contributed by atoms with E-state index in [0.29, 0.717) is 12.1 Å². The third-order valence-corrected chi connectivity index (χ3v) is 5.16. The predicted molar refractivity (Wildman–Crippen MR) is 88.4 cm³/mol. The number of para-hydroxylation sites is 1. The molecule has 0 aliphatic carbocycles. The first-order chi connectivity index (χ1) is 9.61. The van der Waals surface area contributed by atoms with E-state index in [2.05, 4.69) is 56.2 Å². The maximum absolute atomic E-state index is 4.70. The van der Waals surface area contributed by atoms with Crippen LogP contribution in [-0.4, -0.2) is 36.1 Å². The molecule has 0 radical (unpaired) electrons. The number of fused-ring (bicyclic) bond motifs is 1. The lowest BCUT2D eigenvalue weighted by Crippen LogP contribution is -2.35. The van der Waals surface area contributed by atoms with E-state index in [4.69, 9.17) is 4.98 Å². The van der Waals surface area contributed by atoms with E-state index in [1.807, 2.05) is 6.07 Å². The van der Waals surface area contributed by atoms with Gasteiger partial charge in [-0.25, -0.2) is 4.98 Å². The molecule has 2 aromatic rings. The van der Waals surface area contributed by atoms with Crippen LogP contribution in [-0.2, 0) is 0 Å². The molecular weight excluding hydrogens is 266 g/mol. The highest BCUT2D eigenvalue weighted by molar-refractivity contribution is 7.18. The SMILES string of the molecule is CCC(C)N(C)CCNC(C)c1nc2ccccc2s1. The fourth-order valence-electron chi connectivity index (χ4n) is 2.15. The Hall–Kier alpha value is -0.970. The topological polar surface area (TPSA) is 28.2 Å². The summed E-state index contributed by atoms with van der Waals surface area (Å²) in [5, 5.41) is 4.75. The number of aromatic nitrogens is 1. The van der Waals surface area contributed by atoms with Crippen molar-refractivity contribution in [3.05, 3.63) is 29.3 Å². The lowest BCUT2D eigenvalue weighted by atomic mass is 10.2. The van der Waals surface area contributed by atoms with Gasteiger partial charge in [0.2, 0.25) is 0 Å². The lowest BCUT2D eigenvalue weighted by Gasteiger charge is -2.24. The van der Waals surface area contributed by atoms with Gasteiger partial charge in [-0.3, -0.25) is 0 Å². The summed E-state index contributed by atoms with van der Waals surface area (Å²) in [6.45, 7) is 8.78. The van der Waals surface area contributed by atoms with Gasteiger partial charge in [-0.2, -0.15) is 0 Å². The molecular formula is C16H25N3S. The Morgan fingerprint density at radius 1 is 1.30 bits per heavy atom. The van der Waals surface area contributed by atoms with Crippen LogP contribution in [0.15, 0.2) is 24.3 Å². The molecule has 4 heteroatoms. The number of thiazole rings is 1. The summed E-state index contributed by atoms with van der Waals surface area (Å²) in [6.07, 6.45) is 1.20. The van der Waals surface area contributed by atoms with Gasteiger partial charge in [0, 0.05) is 19.1 Å². The van der Waals surface area contributed by atoms with Crippen molar-refractivity contribution in [2.45, 2.75) is 39.3 Å². The van der Waals surface area contributed by atoms with E-state index in [1.165, 1.54) is 16.1 Å². The molecule has 1 aromatic heterocycles. The molecule has 1 heterocycles. The molecule has 1 N–H and O–H groups in total. The molecule has 0 aliphatic heterocycles. The molecule has 0 fully saturated rings. The largest absolute Gasteiger partial charge is 0.307 e. The molecule has 0 aliphatic rings. The normalized spacial score (nSPS) is 14.8. The van der Waals surface area contributed by atoms with Gasteiger partial charge < -0.3 is 10.2 Å². The highest BCUT2D eigenvalue weighted by Gasteiger charge is 2.11. The summed E-state index contributed by atoms with van der Waals surface area (Å²) in [5.74, 6) is 0. The number of nitrogens with zero attached hydrogens (tertiary/aromatic N) is 2. The Balaban J connectivity index is 1.87. The molecule has 2 atom stereocenters. The smallest absolute Gasteiger partial charge is 0.111 e. The Labute approximate surface area is 126 Å². The molecule has 0 amide bonds. The van der Waals surface area contributed by atoms with Crippen molar-refractivity contribution in [2.75, 3.05) is 20.1 Å². The van der Waals surface area contributed by atoms with Crippen molar-refractivity contribution in [3.63, 3.8) is 0 Å². The van der Waals surface area contributed by atoms with Gasteiger partial charge >= 0.3 is 0 Å². The molecule has 0 saturated heterocycles. The van der Waals surface area contributed by atoms with Crippen molar-refractivity contribution >= 4 is 21.6 Å². The van der Waals surface area contributed by atoms with Crippen LogP contribution in [0, 0.1) is 0 Å². The van der Waals surface area contributed by atoms with Crippen molar-refractivity contribution in [1.82, 2.24) is 15.2 Å². The molecule has 0 bridgehead atoms. The molecule has 2 unspecified atom stereocenters. The maximum atomic E-state index is 4.70. The summed E-state index contributed by atoms with van der Waals surface area (Å²) >= 11 is 1.79. The van der Waals surface area contributed by atoms with E-state index in [9.17, 15) is 0 Å². The van der Waals surface area contributed by atoms with Crippen molar-refractivity contribution in [2.24, 2.45) is 0 Å². The zero-order chi connectivity index (χ0) is 14.5. The van der Waals surface area contributed by atoms with E-state index in [0.717, 1.165) is 18.6 Å². The van der Waals surface area contributed by atoms with Crippen LogP contribution in [0.5, 0.6) is 0 Å². The Morgan fingerprint density at radius 3 is 2.75 bits per heavy atom. The van der Waals surface area contributed by atoms with Gasteiger partial charge in [0.1, 0.15) is 5.01 Å². The van der Waals surface area contributed by atoms with E-state index >= 15 is 0 Å². The monoisotopic (exact) mass is 291 g/mol. The number of rotatable bonds is 7. The second-order valence-corrected chi connectivity index (χ2v) is 6.50. The third-order valence-electron chi connectivity index (χ3n) is 3.94. The molecule has 1 aromatic carbocycles. The zero-order valence-electron chi connectivity index (χ0n) is 12.9. The standard InChI is InChI=1S/C16H25N3S/c1-5-12(2)19(4)11-10-17-13(3)16-18-14-8-6-7-9-15(14)20-16/h6-9,12-13,17H,5,10-11H2,1-4H3. The first kappa shape index (κ1) is 15.4. The number of likely N-dealkylation sites (N-methyl/N-ethyl adjacent to an activating group) is 1. The first-order valence-corrected chi connectivity index (χ1v) is 8.22. The van der Waals surface area contributed by atoms with Gasteiger partial charge in [0.25, 0.3) is 0 Å². The van der Waals surface area contributed by atoms with Gasteiger partial charge in [0.05, 0.1) is 16.3 Å². The summed E-state index contributed by atoms with van der Waals surface area (Å²) in [7, 11) is 2.19. The summed E-state index contributed by atoms with van der Waals surface area (Å²) < 4.78 is 1.27. The Morgan fingerprint density at radius 2 is 2.05 bits per heavy atom. The summed E-state index contributed by atoms with van der Waals surface area (Å²) in [4.78, 5) is 7.10. The maximum Gasteiger partial charge on any atom is 0.111 e. The first-order valence-electron chi connectivity index (χ1n) is 7.41. The van der Waals surface area contributed by atoms with Crippen LogP contribution >= 0.6 is 11.3 Å². The molecule has 0 saturated carbocycles. The van der Waals surface area contributed by atoms with Crippen LogP contribution in [0.1, 0.15) is 38.2 Å². The molecule has 2 rings (SSSR count). The molecule has 0 spiro atoms. The van der Waals surface area contributed by atoms with Gasteiger partial charge in [-0.15, -0.1) is 11.3 Å². The van der Waals surface area contributed by atoms with Crippen LogP contribution in [0.3, 0.4) is 0 Å². The quantitative estimate of drug-likeness (QED) is 0.843. The second kappa shape index (κ2) is 7.16. The number of hydrogen-bond donors (Lipinski definition) is 1. The number of nitrogens with one attached hydrogen (secondary N) is 1. The summed E-state index contributed by atoms with van der Waals surface area (Å²) in [6, 6.07) is 9.31. The number of benzene rings is 1. The number of hydrogen-bond acceptors (Lipinski definition) is 4. The molecule has 3 nitrogen and oxygen atoms in total. The van der Waals surface area contributed by atoms with Crippen LogP contribution in [0.25, 0.3) is 10.2 Å². The minimum atomic E-state index is 0.317. The Bertz CT molecular complexity index is 504. The fourth-order valence-corrected chi connectivity index (χ4v) is 3.15. The summed E-state index contributed by atoms with van der Waals surface area (Å²) in [5.41, 5.74) is 1.11. The van der Waals surface area contributed by atoms with Crippen LogP contribution in [0.2, 0.25) is 0 Å². The van der Waals surface area contributed by atoms with E-state index in [-0.39, 0.29) is 0 Å². The zero-order valence-corrected chi connectivity index (χ0v) is 13.7. The van der Waals surface area contributed by atoms with Crippen molar-refractivity contribution in [3.8, 4) is 0 Å². The highest BCUT2D eigenvalue weighted by atomic mass is 32.1. The Kier molecular flexibility index (Phi) is 5.52. The van der Waals surface area contributed by atoms with Crippen molar-refractivity contribution in [1.29, 1.82) is 0 Å². The van der Waals surface area contributed by atoms with Crippen LogP contribution in [0.4, 0.5) is 0 Å². The predicted octanol–water partition coefficient (Wildman–Crippen LogP) is 3.68. The van der Waals surface area contributed by atoms with Gasteiger partial charge in [-0.1, -0.05) is 19.1 Å². The molecule has 110 valence electrons. The van der Waals surface area contributed by atoms with Gasteiger partial charge in [-0.05, 0) is 39.4 Å². The van der Waals surface area contributed by atoms with Gasteiger partial charge in [0.15, 0.2) is 0 Å². The van der Waals surface area contributed by atoms with E-state index < -0.39 is 0 Å². The molecule has 20 heavy (non-hydrogen) atoms. The third kappa shape index (κ3) is 3.78. The van der Waals surface area contributed by atoms with Crippen molar-refractivity contribution < 1.29 is 0 Å². The minimum absolute atomic E-state index is 0.317. The second-order valence-electron chi connectivity index (χ2n) is 5.43. The average molecular weight is 291 g/mol. The average Bonchev–Trinajstić information content (AvgIpc) is 2.90. The van der Waals surface area contributed by atoms with Crippen LogP contribution < -0.4 is 5.32 Å². The van der Waals surface area contributed by atoms with E-state index in [1.54, 1.807) is 11.3 Å². The fraction of sp³-hybridized carbons (Fsp3) is 0.562.